The second kappa shape index (κ2) is 17.2. The molecule has 242 valence electrons. The summed E-state index contributed by atoms with van der Waals surface area (Å²) in [5.41, 5.74) is 3.75. The molecule has 3 rings (SSSR count). The van der Waals surface area contributed by atoms with Crippen LogP contribution in [0.5, 0.6) is 11.5 Å². The van der Waals surface area contributed by atoms with Crippen LogP contribution >= 0.6 is 0 Å². The summed E-state index contributed by atoms with van der Waals surface area (Å²) in [5, 5.41) is 40.3. The Labute approximate surface area is 255 Å². The SMILES string of the molecule is CCCCCCCCCCCCCCCCC1(C)CCc2c(C)c(O[C@H]3O[C@H](CO)[C@@H](O)[C@H](O)[C@@H]3O)c(C)c(C)c2O1. The van der Waals surface area contributed by atoms with E-state index in [0.29, 0.717) is 5.75 Å². The van der Waals surface area contributed by atoms with Gasteiger partial charge in [0.1, 0.15) is 41.5 Å². The van der Waals surface area contributed by atoms with Crippen molar-refractivity contribution < 1.29 is 34.6 Å². The lowest BCUT2D eigenvalue weighted by Gasteiger charge is -2.41. The standard InChI is InChI=1S/C35H60O7/c1-6-7-8-9-10-11-12-13-14-15-16-17-18-19-21-35(5)22-20-27-26(4)32(24(2)25(3)33(27)42-35)41-34-31(39)30(38)29(37)28(23-36)40-34/h28-31,34,36-39H,6-23H2,1-5H3/t28-,29-,30+,31+,34-,35?/m1/s1. The second-order valence-electron chi connectivity index (χ2n) is 13.2. The first-order chi connectivity index (χ1) is 20.1. The molecule has 1 fully saturated rings. The summed E-state index contributed by atoms with van der Waals surface area (Å²) in [5.74, 6) is 1.53. The van der Waals surface area contributed by atoms with Crippen molar-refractivity contribution in [2.45, 2.75) is 180 Å². The Morgan fingerprint density at radius 2 is 1.29 bits per heavy atom. The zero-order valence-corrected chi connectivity index (χ0v) is 27.1. The number of unbranched alkanes of at least 4 members (excludes halogenated alkanes) is 13. The van der Waals surface area contributed by atoms with Crippen molar-refractivity contribution in [3.05, 3.63) is 22.3 Å². The lowest BCUT2D eigenvalue weighted by Crippen LogP contribution is -2.60. The van der Waals surface area contributed by atoms with Crippen LogP contribution in [0.15, 0.2) is 0 Å². The van der Waals surface area contributed by atoms with Gasteiger partial charge < -0.3 is 34.6 Å². The first kappa shape index (κ1) is 35.1. The normalized spacial score (nSPS) is 27.5. The highest BCUT2D eigenvalue weighted by molar-refractivity contribution is 5.59. The van der Waals surface area contributed by atoms with Gasteiger partial charge in [0, 0.05) is 5.56 Å². The van der Waals surface area contributed by atoms with Crippen LogP contribution in [0.25, 0.3) is 0 Å². The molecule has 42 heavy (non-hydrogen) atoms. The van der Waals surface area contributed by atoms with Gasteiger partial charge in [0.2, 0.25) is 6.29 Å². The third-order valence-corrected chi connectivity index (χ3v) is 9.70. The molecule has 4 N–H and O–H groups in total. The molecule has 1 saturated heterocycles. The van der Waals surface area contributed by atoms with E-state index in [2.05, 4.69) is 13.8 Å². The average Bonchev–Trinajstić information content (AvgIpc) is 2.98. The Morgan fingerprint density at radius 1 is 0.738 bits per heavy atom. The molecule has 1 aromatic rings. The molecule has 2 aliphatic heterocycles. The molecule has 6 atom stereocenters. The third-order valence-electron chi connectivity index (χ3n) is 9.70. The van der Waals surface area contributed by atoms with Gasteiger partial charge in [0.05, 0.1) is 6.61 Å². The summed E-state index contributed by atoms with van der Waals surface area (Å²) < 4.78 is 18.5. The van der Waals surface area contributed by atoms with E-state index in [9.17, 15) is 20.4 Å². The minimum absolute atomic E-state index is 0.187. The van der Waals surface area contributed by atoms with Crippen molar-refractivity contribution in [1.29, 1.82) is 0 Å². The van der Waals surface area contributed by atoms with Crippen LogP contribution in [0.3, 0.4) is 0 Å². The van der Waals surface area contributed by atoms with E-state index in [-0.39, 0.29) is 5.60 Å². The lowest BCUT2D eigenvalue weighted by atomic mass is 9.84. The van der Waals surface area contributed by atoms with Gasteiger partial charge in [-0.3, -0.25) is 0 Å². The number of ether oxygens (including phenoxy) is 3. The van der Waals surface area contributed by atoms with Crippen molar-refractivity contribution in [2.24, 2.45) is 0 Å². The molecule has 0 spiro atoms. The molecule has 0 amide bonds. The van der Waals surface area contributed by atoms with E-state index in [1.807, 2.05) is 20.8 Å². The van der Waals surface area contributed by atoms with Crippen molar-refractivity contribution in [3.63, 3.8) is 0 Å². The van der Waals surface area contributed by atoms with Gasteiger partial charge in [-0.25, -0.2) is 0 Å². The van der Waals surface area contributed by atoms with Crippen LogP contribution in [-0.2, 0) is 11.2 Å². The van der Waals surface area contributed by atoms with E-state index in [1.165, 1.54) is 89.9 Å². The Morgan fingerprint density at radius 3 is 1.83 bits per heavy atom. The van der Waals surface area contributed by atoms with Crippen LogP contribution in [0, 0.1) is 20.8 Å². The number of hydrogen-bond acceptors (Lipinski definition) is 7. The fourth-order valence-corrected chi connectivity index (χ4v) is 6.61. The van der Waals surface area contributed by atoms with Crippen LogP contribution in [0.4, 0.5) is 0 Å². The monoisotopic (exact) mass is 592 g/mol. The highest BCUT2D eigenvalue weighted by atomic mass is 16.7. The maximum atomic E-state index is 10.5. The number of hydrogen-bond donors (Lipinski definition) is 4. The van der Waals surface area contributed by atoms with E-state index in [0.717, 1.165) is 47.3 Å². The third kappa shape index (κ3) is 9.31. The molecule has 7 nitrogen and oxygen atoms in total. The first-order valence-electron chi connectivity index (χ1n) is 16.9. The van der Waals surface area contributed by atoms with Gasteiger partial charge in [-0.2, -0.15) is 0 Å². The summed E-state index contributed by atoms with van der Waals surface area (Å²) in [6, 6.07) is 0. The largest absolute Gasteiger partial charge is 0.487 e. The van der Waals surface area contributed by atoms with Gasteiger partial charge in [0.15, 0.2) is 0 Å². The maximum absolute atomic E-state index is 10.5. The van der Waals surface area contributed by atoms with Crippen molar-refractivity contribution >= 4 is 0 Å². The van der Waals surface area contributed by atoms with Crippen LogP contribution in [0.2, 0.25) is 0 Å². The topological polar surface area (TPSA) is 109 Å². The molecule has 0 aliphatic carbocycles. The Bertz CT molecular complexity index is 948. The molecule has 0 aromatic heterocycles. The quantitative estimate of drug-likeness (QED) is 0.140. The molecule has 7 heteroatoms. The fourth-order valence-electron chi connectivity index (χ4n) is 6.61. The van der Waals surface area contributed by atoms with Crippen LogP contribution < -0.4 is 9.47 Å². The van der Waals surface area contributed by atoms with Gasteiger partial charge in [-0.1, -0.05) is 90.4 Å². The van der Waals surface area contributed by atoms with Crippen LogP contribution in [0.1, 0.15) is 139 Å². The Hall–Kier alpha value is -1.38. The highest BCUT2D eigenvalue weighted by Crippen LogP contribution is 2.45. The van der Waals surface area contributed by atoms with E-state index in [4.69, 9.17) is 14.2 Å². The molecule has 1 unspecified atom stereocenters. The minimum atomic E-state index is -1.47. The Kier molecular flexibility index (Phi) is 14.4. The number of aliphatic hydroxyl groups excluding tert-OH is 4. The number of rotatable bonds is 18. The zero-order valence-electron chi connectivity index (χ0n) is 27.1. The summed E-state index contributed by atoms with van der Waals surface area (Å²) in [6.07, 6.45) is 15.3. The van der Waals surface area contributed by atoms with Crippen molar-refractivity contribution in [3.8, 4) is 11.5 Å². The molecule has 2 aliphatic rings. The van der Waals surface area contributed by atoms with Gasteiger partial charge in [-0.05, 0) is 70.1 Å². The summed E-state index contributed by atoms with van der Waals surface area (Å²) in [4.78, 5) is 0. The average molecular weight is 593 g/mol. The summed E-state index contributed by atoms with van der Waals surface area (Å²) >= 11 is 0. The predicted molar refractivity (Wildman–Crippen MR) is 167 cm³/mol. The fraction of sp³-hybridized carbons (Fsp3) is 0.829. The highest BCUT2D eigenvalue weighted by Gasteiger charge is 2.45. The molecule has 0 radical (unpaired) electrons. The first-order valence-corrected chi connectivity index (χ1v) is 16.9. The number of aliphatic hydroxyl groups is 4. The van der Waals surface area contributed by atoms with E-state index >= 15 is 0 Å². The zero-order chi connectivity index (χ0) is 30.7. The lowest BCUT2D eigenvalue weighted by molar-refractivity contribution is -0.277. The van der Waals surface area contributed by atoms with Crippen molar-refractivity contribution in [1.82, 2.24) is 0 Å². The number of fused-ring (bicyclic) bond motifs is 1. The summed E-state index contributed by atoms with van der Waals surface area (Å²) in [6.45, 7) is 10.0. The minimum Gasteiger partial charge on any atom is -0.487 e. The molecular weight excluding hydrogens is 532 g/mol. The van der Waals surface area contributed by atoms with Crippen molar-refractivity contribution in [2.75, 3.05) is 6.61 Å². The predicted octanol–water partition coefficient (Wildman–Crippen LogP) is 6.75. The van der Waals surface area contributed by atoms with Gasteiger partial charge >= 0.3 is 0 Å². The van der Waals surface area contributed by atoms with E-state index < -0.39 is 37.3 Å². The van der Waals surface area contributed by atoms with Gasteiger partial charge in [-0.15, -0.1) is 0 Å². The van der Waals surface area contributed by atoms with Gasteiger partial charge in [0.25, 0.3) is 0 Å². The maximum Gasteiger partial charge on any atom is 0.229 e. The molecule has 1 aromatic carbocycles. The molecule has 2 heterocycles. The second-order valence-corrected chi connectivity index (χ2v) is 13.2. The van der Waals surface area contributed by atoms with Crippen LogP contribution in [-0.4, -0.2) is 63.3 Å². The Balaban J connectivity index is 1.44. The molecule has 0 saturated carbocycles. The summed E-state index contributed by atoms with van der Waals surface area (Å²) in [7, 11) is 0. The van der Waals surface area contributed by atoms with E-state index in [1.54, 1.807) is 0 Å². The molecule has 0 bridgehead atoms. The number of benzene rings is 1. The molecular formula is C35H60O7. The smallest absolute Gasteiger partial charge is 0.229 e.